The van der Waals surface area contributed by atoms with E-state index in [0.717, 1.165) is 50.3 Å². The van der Waals surface area contributed by atoms with E-state index >= 15 is 0 Å². The summed E-state index contributed by atoms with van der Waals surface area (Å²) in [6.45, 7) is 3.03. The van der Waals surface area contributed by atoms with Crippen LogP contribution in [0.5, 0.6) is 0 Å². The molecule has 1 fully saturated rings. The number of carbonyl (C=O) groups is 1. The van der Waals surface area contributed by atoms with Crippen LogP contribution in [0.4, 0.5) is 5.69 Å². The number of nitrogens with zero attached hydrogens (tertiary/aromatic N) is 1. The molecule has 0 aromatic heterocycles. The van der Waals surface area contributed by atoms with Crippen molar-refractivity contribution in [3.05, 3.63) is 29.3 Å². The smallest absolute Gasteiger partial charge is 0.227 e. The van der Waals surface area contributed by atoms with Gasteiger partial charge < -0.3 is 10.6 Å². The summed E-state index contributed by atoms with van der Waals surface area (Å²) in [5.74, 6) is 1.10. The predicted molar refractivity (Wildman–Crippen MR) is 105 cm³/mol. The highest BCUT2D eigenvalue weighted by molar-refractivity contribution is 5.95. The Kier molecular flexibility index (Phi) is 6.52. The molecule has 1 saturated carbocycles. The van der Waals surface area contributed by atoms with E-state index in [4.69, 9.17) is 5.73 Å². The number of hydrogen-bond acceptors (Lipinski definition) is 2. The summed E-state index contributed by atoms with van der Waals surface area (Å²) in [6, 6.07) is 6.84. The summed E-state index contributed by atoms with van der Waals surface area (Å²) in [5.41, 5.74) is 9.97. The first kappa shape index (κ1) is 18.4. The molecule has 1 amide bonds. The molecule has 0 radical (unpaired) electrons. The molecule has 3 rings (SSSR count). The number of hydrogen-bond donors (Lipinski definition) is 1. The van der Waals surface area contributed by atoms with Crippen molar-refractivity contribution in [1.29, 1.82) is 0 Å². The zero-order valence-corrected chi connectivity index (χ0v) is 15.8. The van der Waals surface area contributed by atoms with E-state index in [1.807, 2.05) is 4.90 Å². The maximum atomic E-state index is 12.7. The fraction of sp³-hybridized carbons (Fsp3) is 0.682. The summed E-state index contributed by atoms with van der Waals surface area (Å²) < 4.78 is 0. The average molecular weight is 343 g/mol. The lowest BCUT2D eigenvalue weighted by atomic mass is 9.86. The van der Waals surface area contributed by atoms with Crippen molar-refractivity contribution in [3.8, 4) is 0 Å². The average Bonchev–Trinajstić information content (AvgIpc) is 3.04. The van der Waals surface area contributed by atoms with Crippen LogP contribution in [0, 0.1) is 5.92 Å². The molecule has 25 heavy (non-hydrogen) atoms. The minimum atomic E-state index is 0.248. The molecule has 0 spiro atoms. The maximum absolute atomic E-state index is 12.7. The summed E-state index contributed by atoms with van der Waals surface area (Å²) in [6.07, 6.45) is 12.7. The SMILES string of the molecule is CCCC(N)Cc1ccc2c(c1)CCN2C(=O)CCC1CCCCC1. The van der Waals surface area contributed by atoms with Crippen molar-refractivity contribution in [2.45, 2.75) is 83.6 Å². The highest BCUT2D eigenvalue weighted by Gasteiger charge is 2.25. The van der Waals surface area contributed by atoms with E-state index in [1.54, 1.807) is 0 Å². The van der Waals surface area contributed by atoms with E-state index in [0.29, 0.717) is 12.3 Å². The molecular weight excluding hydrogens is 308 g/mol. The van der Waals surface area contributed by atoms with Crippen LogP contribution in [0.25, 0.3) is 0 Å². The largest absolute Gasteiger partial charge is 0.327 e. The van der Waals surface area contributed by atoms with E-state index in [-0.39, 0.29) is 6.04 Å². The van der Waals surface area contributed by atoms with E-state index in [9.17, 15) is 4.79 Å². The van der Waals surface area contributed by atoms with Crippen molar-refractivity contribution in [3.63, 3.8) is 0 Å². The normalized spacial score (nSPS) is 19.0. The third-order valence-electron chi connectivity index (χ3n) is 5.99. The predicted octanol–water partition coefficient (Wildman–Crippen LogP) is 4.61. The Bertz CT molecular complexity index is 577. The summed E-state index contributed by atoms with van der Waals surface area (Å²) in [4.78, 5) is 14.7. The van der Waals surface area contributed by atoms with Crippen molar-refractivity contribution in [2.24, 2.45) is 11.7 Å². The Morgan fingerprint density at radius 2 is 2.08 bits per heavy atom. The van der Waals surface area contributed by atoms with Gasteiger partial charge in [0.05, 0.1) is 0 Å². The van der Waals surface area contributed by atoms with Gasteiger partial charge in [-0.1, -0.05) is 57.6 Å². The second-order valence-electron chi connectivity index (χ2n) is 8.05. The van der Waals surface area contributed by atoms with Gasteiger partial charge in [0.15, 0.2) is 0 Å². The molecular formula is C22H34N2O. The van der Waals surface area contributed by atoms with Crippen LogP contribution in [0.2, 0.25) is 0 Å². The standard InChI is InChI=1S/C22H34N2O/c1-2-6-20(23)16-18-9-11-21-19(15-18)13-14-24(21)22(25)12-10-17-7-4-3-5-8-17/h9,11,15,17,20H,2-8,10,12-14,16,23H2,1H3. The van der Waals surface area contributed by atoms with Crippen LogP contribution in [-0.4, -0.2) is 18.5 Å². The number of carbonyl (C=O) groups excluding carboxylic acids is 1. The van der Waals surface area contributed by atoms with Crippen molar-refractivity contribution in [1.82, 2.24) is 0 Å². The molecule has 1 heterocycles. The number of rotatable bonds is 7. The number of fused-ring (bicyclic) bond motifs is 1. The summed E-state index contributed by atoms with van der Waals surface area (Å²) >= 11 is 0. The fourth-order valence-corrected chi connectivity index (χ4v) is 4.56. The van der Waals surface area contributed by atoms with Crippen LogP contribution in [-0.2, 0) is 17.6 Å². The Hall–Kier alpha value is -1.35. The van der Waals surface area contributed by atoms with Gasteiger partial charge in [0.1, 0.15) is 0 Å². The van der Waals surface area contributed by atoms with Gasteiger partial charge >= 0.3 is 0 Å². The van der Waals surface area contributed by atoms with Crippen LogP contribution >= 0.6 is 0 Å². The lowest BCUT2D eigenvalue weighted by Gasteiger charge is -2.23. The van der Waals surface area contributed by atoms with Gasteiger partial charge in [-0.25, -0.2) is 0 Å². The Balaban J connectivity index is 1.56. The van der Waals surface area contributed by atoms with Gasteiger partial charge in [0.25, 0.3) is 0 Å². The monoisotopic (exact) mass is 342 g/mol. The summed E-state index contributed by atoms with van der Waals surface area (Å²) in [5, 5.41) is 0. The quantitative estimate of drug-likeness (QED) is 0.787. The molecule has 1 aromatic carbocycles. The molecule has 2 aliphatic rings. The van der Waals surface area contributed by atoms with Crippen LogP contribution in [0.15, 0.2) is 18.2 Å². The molecule has 2 N–H and O–H groups in total. The van der Waals surface area contributed by atoms with Gasteiger partial charge in [-0.15, -0.1) is 0 Å². The number of anilines is 1. The molecule has 3 heteroatoms. The van der Waals surface area contributed by atoms with E-state index in [1.165, 1.54) is 43.2 Å². The van der Waals surface area contributed by atoms with Crippen LogP contribution < -0.4 is 10.6 Å². The lowest BCUT2D eigenvalue weighted by molar-refractivity contribution is -0.118. The van der Waals surface area contributed by atoms with Gasteiger partial charge in [-0.2, -0.15) is 0 Å². The molecule has 0 bridgehead atoms. The molecule has 1 aliphatic heterocycles. The first-order valence-electron chi connectivity index (χ1n) is 10.3. The second kappa shape index (κ2) is 8.84. The Labute approximate surface area is 153 Å². The first-order chi connectivity index (χ1) is 12.2. The topological polar surface area (TPSA) is 46.3 Å². The molecule has 1 aromatic rings. The molecule has 0 saturated heterocycles. The van der Waals surface area contributed by atoms with Gasteiger partial charge in [-0.05, 0) is 48.8 Å². The molecule has 138 valence electrons. The highest BCUT2D eigenvalue weighted by Crippen LogP contribution is 2.32. The lowest BCUT2D eigenvalue weighted by Crippen LogP contribution is -2.29. The number of amides is 1. The third-order valence-corrected chi connectivity index (χ3v) is 5.99. The van der Waals surface area contributed by atoms with Crippen LogP contribution in [0.3, 0.4) is 0 Å². The second-order valence-corrected chi connectivity index (χ2v) is 8.05. The maximum Gasteiger partial charge on any atom is 0.227 e. The zero-order chi connectivity index (χ0) is 17.6. The van der Waals surface area contributed by atoms with E-state index < -0.39 is 0 Å². The molecule has 1 atom stereocenters. The van der Waals surface area contributed by atoms with Crippen molar-refractivity contribution < 1.29 is 4.79 Å². The minimum absolute atomic E-state index is 0.248. The van der Waals surface area contributed by atoms with Gasteiger partial charge in [-0.3, -0.25) is 4.79 Å². The van der Waals surface area contributed by atoms with Crippen molar-refractivity contribution in [2.75, 3.05) is 11.4 Å². The minimum Gasteiger partial charge on any atom is -0.327 e. The van der Waals surface area contributed by atoms with Gasteiger partial charge in [0.2, 0.25) is 5.91 Å². The van der Waals surface area contributed by atoms with Crippen molar-refractivity contribution >= 4 is 11.6 Å². The van der Waals surface area contributed by atoms with Gasteiger partial charge in [0, 0.05) is 24.7 Å². The number of nitrogens with two attached hydrogens (primary N) is 1. The Morgan fingerprint density at radius 3 is 2.84 bits per heavy atom. The van der Waals surface area contributed by atoms with Crippen LogP contribution in [0.1, 0.15) is 75.8 Å². The third kappa shape index (κ3) is 4.84. The first-order valence-corrected chi connectivity index (χ1v) is 10.3. The summed E-state index contributed by atoms with van der Waals surface area (Å²) in [7, 11) is 0. The molecule has 3 nitrogen and oxygen atoms in total. The highest BCUT2D eigenvalue weighted by atomic mass is 16.2. The Morgan fingerprint density at radius 1 is 1.28 bits per heavy atom. The number of benzene rings is 1. The van der Waals surface area contributed by atoms with E-state index in [2.05, 4.69) is 25.1 Å². The zero-order valence-electron chi connectivity index (χ0n) is 15.8. The fourth-order valence-electron chi connectivity index (χ4n) is 4.56. The molecule has 1 unspecified atom stereocenters. The molecule has 1 aliphatic carbocycles.